The predicted molar refractivity (Wildman–Crippen MR) is 99.1 cm³/mol. The van der Waals surface area contributed by atoms with Gasteiger partial charge in [-0.1, -0.05) is 35.3 Å². The summed E-state index contributed by atoms with van der Waals surface area (Å²) < 4.78 is 0. The highest BCUT2D eigenvalue weighted by Crippen LogP contribution is 2.14. The quantitative estimate of drug-likeness (QED) is 0.821. The average Bonchev–Trinajstić information content (AvgIpc) is 2.64. The number of halogens is 2. The van der Waals surface area contributed by atoms with Gasteiger partial charge in [0.2, 0.25) is 5.91 Å². The van der Waals surface area contributed by atoms with E-state index in [4.69, 9.17) is 23.2 Å². The molecule has 0 unspecified atom stereocenters. The molecule has 4 nitrogen and oxygen atoms in total. The topological polar surface area (TPSA) is 40.6 Å². The fourth-order valence-corrected chi connectivity index (χ4v) is 3.07. The third-order valence-corrected chi connectivity index (χ3v) is 4.78. The molecule has 6 heteroatoms. The minimum absolute atomic E-state index is 0.0264. The van der Waals surface area contributed by atoms with E-state index >= 15 is 0 Å². The molecule has 0 aromatic heterocycles. The van der Waals surface area contributed by atoms with Crippen molar-refractivity contribution < 1.29 is 9.59 Å². The van der Waals surface area contributed by atoms with Crippen molar-refractivity contribution in [3.8, 4) is 0 Å². The summed E-state index contributed by atoms with van der Waals surface area (Å²) in [5.74, 6) is 0.0439. The molecule has 130 valence electrons. The maximum absolute atomic E-state index is 12.5. The summed E-state index contributed by atoms with van der Waals surface area (Å²) in [4.78, 5) is 28.5. The van der Waals surface area contributed by atoms with E-state index in [-0.39, 0.29) is 11.8 Å². The summed E-state index contributed by atoms with van der Waals surface area (Å²) in [6, 6.07) is 14.2. The molecule has 0 aliphatic carbocycles. The lowest BCUT2D eigenvalue weighted by Crippen LogP contribution is -2.51. The molecule has 0 radical (unpaired) electrons. The highest BCUT2D eigenvalue weighted by atomic mass is 35.5. The standard InChI is InChI=1S/C19H18Cl2N2O2/c20-16-5-1-14(2-6-16)13-18(24)22-9-11-23(12-10-22)19(25)15-3-7-17(21)8-4-15/h1-8H,9-13H2. The lowest BCUT2D eigenvalue weighted by molar-refractivity contribution is -0.131. The predicted octanol–water partition coefficient (Wildman–Crippen LogP) is 3.52. The third-order valence-electron chi connectivity index (χ3n) is 4.28. The first kappa shape index (κ1) is 17.8. The third kappa shape index (κ3) is 4.53. The molecule has 0 spiro atoms. The Balaban J connectivity index is 1.54. The number of carbonyl (C=O) groups excluding carboxylic acids is 2. The number of rotatable bonds is 3. The Morgan fingerprint density at radius 2 is 1.24 bits per heavy atom. The molecule has 0 saturated carbocycles. The number of hydrogen-bond donors (Lipinski definition) is 0. The van der Waals surface area contributed by atoms with Crippen LogP contribution in [0, 0.1) is 0 Å². The number of piperazine rings is 1. The molecular weight excluding hydrogens is 359 g/mol. The van der Waals surface area contributed by atoms with E-state index in [1.807, 2.05) is 12.1 Å². The normalized spacial score (nSPS) is 14.5. The zero-order valence-corrected chi connectivity index (χ0v) is 15.1. The second kappa shape index (κ2) is 7.89. The maximum Gasteiger partial charge on any atom is 0.253 e. The molecule has 25 heavy (non-hydrogen) atoms. The van der Waals surface area contributed by atoms with E-state index in [9.17, 15) is 9.59 Å². The Hall–Kier alpha value is -2.04. The zero-order valence-electron chi connectivity index (χ0n) is 13.6. The minimum atomic E-state index is -0.0264. The van der Waals surface area contributed by atoms with Crippen molar-refractivity contribution >= 4 is 35.0 Å². The second-order valence-corrected chi connectivity index (χ2v) is 6.86. The van der Waals surface area contributed by atoms with Gasteiger partial charge in [0.25, 0.3) is 5.91 Å². The van der Waals surface area contributed by atoms with E-state index in [0.29, 0.717) is 48.2 Å². The fourth-order valence-electron chi connectivity index (χ4n) is 2.82. The molecule has 1 aliphatic heterocycles. The molecule has 1 aliphatic rings. The number of amides is 2. The van der Waals surface area contributed by atoms with Crippen LogP contribution in [-0.2, 0) is 11.2 Å². The van der Waals surface area contributed by atoms with Crippen LogP contribution in [0.4, 0.5) is 0 Å². The molecule has 0 bridgehead atoms. The molecule has 2 amide bonds. The van der Waals surface area contributed by atoms with E-state index in [1.165, 1.54) is 0 Å². The van der Waals surface area contributed by atoms with E-state index in [2.05, 4.69) is 0 Å². The van der Waals surface area contributed by atoms with Crippen LogP contribution in [0.25, 0.3) is 0 Å². The number of hydrogen-bond acceptors (Lipinski definition) is 2. The van der Waals surface area contributed by atoms with E-state index < -0.39 is 0 Å². The molecule has 2 aromatic carbocycles. The Kier molecular flexibility index (Phi) is 5.61. The Labute approximate surface area is 156 Å². The van der Waals surface area contributed by atoms with Crippen molar-refractivity contribution in [1.82, 2.24) is 9.80 Å². The Bertz CT molecular complexity index is 752. The van der Waals surface area contributed by atoms with Gasteiger partial charge in [-0.05, 0) is 42.0 Å². The monoisotopic (exact) mass is 376 g/mol. The fraction of sp³-hybridized carbons (Fsp3) is 0.263. The van der Waals surface area contributed by atoms with Gasteiger partial charge >= 0.3 is 0 Å². The van der Waals surface area contributed by atoms with Crippen LogP contribution >= 0.6 is 23.2 Å². The average molecular weight is 377 g/mol. The molecule has 3 rings (SSSR count). The Morgan fingerprint density at radius 3 is 1.80 bits per heavy atom. The molecule has 0 atom stereocenters. The molecule has 1 heterocycles. The summed E-state index contributed by atoms with van der Waals surface area (Å²) in [6.07, 6.45) is 0.350. The van der Waals surface area contributed by atoms with Crippen LogP contribution in [0.15, 0.2) is 48.5 Å². The number of nitrogens with zero attached hydrogens (tertiary/aromatic N) is 2. The van der Waals surface area contributed by atoms with Crippen LogP contribution in [0.2, 0.25) is 10.0 Å². The first-order valence-corrected chi connectivity index (χ1v) is 8.85. The lowest BCUT2D eigenvalue weighted by atomic mass is 10.1. The molecule has 2 aromatic rings. The first-order chi connectivity index (χ1) is 12.0. The van der Waals surface area contributed by atoms with E-state index in [1.54, 1.807) is 46.2 Å². The smallest absolute Gasteiger partial charge is 0.253 e. The van der Waals surface area contributed by atoms with Crippen LogP contribution in [0.1, 0.15) is 15.9 Å². The van der Waals surface area contributed by atoms with Gasteiger partial charge in [-0.25, -0.2) is 0 Å². The van der Waals surface area contributed by atoms with Crippen molar-refractivity contribution in [3.05, 3.63) is 69.7 Å². The summed E-state index contributed by atoms with van der Waals surface area (Å²) in [5.41, 5.74) is 1.56. The number of carbonyl (C=O) groups is 2. The molecular formula is C19H18Cl2N2O2. The van der Waals surface area contributed by atoms with Gasteiger partial charge in [0.15, 0.2) is 0 Å². The van der Waals surface area contributed by atoms with Crippen LogP contribution in [0.3, 0.4) is 0 Å². The van der Waals surface area contributed by atoms with Crippen molar-refractivity contribution in [2.75, 3.05) is 26.2 Å². The summed E-state index contributed by atoms with van der Waals surface area (Å²) >= 11 is 11.7. The van der Waals surface area contributed by atoms with Crippen LogP contribution in [-0.4, -0.2) is 47.8 Å². The largest absolute Gasteiger partial charge is 0.339 e. The van der Waals surface area contributed by atoms with Gasteiger partial charge in [-0.15, -0.1) is 0 Å². The number of benzene rings is 2. The summed E-state index contributed by atoms with van der Waals surface area (Å²) in [6.45, 7) is 2.17. The molecule has 1 saturated heterocycles. The molecule has 0 N–H and O–H groups in total. The molecule has 1 fully saturated rings. The van der Waals surface area contributed by atoms with Crippen molar-refractivity contribution in [2.45, 2.75) is 6.42 Å². The first-order valence-electron chi connectivity index (χ1n) is 8.10. The van der Waals surface area contributed by atoms with Crippen molar-refractivity contribution in [2.24, 2.45) is 0 Å². The van der Waals surface area contributed by atoms with Gasteiger partial charge in [0.1, 0.15) is 0 Å². The van der Waals surface area contributed by atoms with Gasteiger partial charge in [-0.2, -0.15) is 0 Å². The highest BCUT2D eigenvalue weighted by molar-refractivity contribution is 6.30. The maximum atomic E-state index is 12.5. The highest BCUT2D eigenvalue weighted by Gasteiger charge is 2.24. The van der Waals surface area contributed by atoms with Gasteiger partial charge in [-0.3, -0.25) is 9.59 Å². The minimum Gasteiger partial charge on any atom is -0.339 e. The lowest BCUT2D eigenvalue weighted by Gasteiger charge is -2.35. The summed E-state index contributed by atoms with van der Waals surface area (Å²) in [5, 5.41) is 1.26. The van der Waals surface area contributed by atoms with Gasteiger partial charge in [0, 0.05) is 41.8 Å². The van der Waals surface area contributed by atoms with Crippen LogP contribution in [0.5, 0.6) is 0 Å². The SMILES string of the molecule is O=C(Cc1ccc(Cl)cc1)N1CCN(C(=O)c2ccc(Cl)cc2)CC1. The van der Waals surface area contributed by atoms with E-state index in [0.717, 1.165) is 5.56 Å². The van der Waals surface area contributed by atoms with Gasteiger partial charge < -0.3 is 9.80 Å². The second-order valence-electron chi connectivity index (χ2n) is 5.98. The summed E-state index contributed by atoms with van der Waals surface area (Å²) in [7, 11) is 0. The van der Waals surface area contributed by atoms with Crippen molar-refractivity contribution in [1.29, 1.82) is 0 Å². The Morgan fingerprint density at radius 1 is 0.760 bits per heavy atom. The van der Waals surface area contributed by atoms with Gasteiger partial charge in [0.05, 0.1) is 6.42 Å². The van der Waals surface area contributed by atoms with Crippen molar-refractivity contribution in [3.63, 3.8) is 0 Å². The van der Waals surface area contributed by atoms with Crippen LogP contribution < -0.4 is 0 Å². The zero-order chi connectivity index (χ0) is 17.8.